The molecule has 0 saturated heterocycles. The molecule has 0 radical (unpaired) electrons. The van der Waals surface area contributed by atoms with Crippen molar-refractivity contribution in [3.63, 3.8) is 0 Å². The average Bonchev–Trinajstić information content (AvgIpc) is 2.60. The van der Waals surface area contributed by atoms with Gasteiger partial charge in [0.25, 0.3) is 5.91 Å². The largest absolute Gasteiger partial charge is 0.493 e. The zero-order valence-corrected chi connectivity index (χ0v) is 14.1. The van der Waals surface area contributed by atoms with Crippen molar-refractivity contribution in [1.29, 1.82) is 0 Å². The summed E-state index contributed by atoms with van der Waals surface area (Å²) in [5.41, 5.74) is 2.14. The molecule has 0 saturated carbocycles. The van der Waals surface area contributed by atoms with Crippen molar-refractivity contribution in [3.8, 4) is 11.5 Å². The van der Waals surface area contributed by atoms with E-state index in [1.807, 2.05) is 48.5 Å². The van der Waals surface area contributed by atoms with Gasteiger partial charge in [0.05, 0.1) is 12.6 Å². The molecule has 0 aliphatic carbocycles. The van der Waals surface area contributed by atoms with Gasteiger partial charge in [0, 0.05) is 12.0 Å². The summed E-state index contributed by atoms with van der Waals surface area (Å²) in [5, 5.41) is 3.05. The Kier molecular flexibility index (Phi) is 5.04. The van der Waals surface area contributed by atoms with E-state index in [1.165, 1.54) is 0 Å². The van der Waals surface area contributed by atoms with Gasteiger partial charge in [0.2, 0.25) is 0 Å². The maximum absolute atomic E-state index is 12.3. The lowest BCUT2D eigenvalue weighted by Crippen LogP contribution is -2.35. The molecule has 1 amide bonds. The molecule has 2 aromatic rings. The van der Waals surface area contributed by atoms with E-state index in [0.717, 1.165) is 29.0 Å². The van der Waals surface area contributed by atoms with E-state index in [2.05, 4.69) is 19.2 Å². The molecule has 3 rings (SSSR count). The number of fused-ring (bicyclic) bond motifs is 1. The number of carbonyl (C=O) groups is 1. The van der Waals surface area contributed by atoms with Crippen LogP contribution in [0.15, 0.2) is 48.5 Å². The molecule has 1 heterocycles. The van der Waals surface area contributed by atoms with Crippen LogP contribution in [-0.2, 0) is 4.79 Å². The third-order valence-electron chi connectivity index (χ3n) is 4.19. The van der Waals surface area contributed by atoms with E-state index in [1.54, 1.807) is 0 Å². The molecule has 4 heteroatoms. The van der Waals surface area contributed by atoms with Crippen LogP contribution in [0.25, 0.3) is 0 Å². The quantitative estimate of drug-likeness (QED) is 0.909. The summed E-state index contributed by atoms with van der Waals surface area (Å²) >= 11 is 0. The van der Waals surface area contributed by atoms with E-state index >= 15 is 0 Å². The van der Waals surface area contributed by atoms with Crippen molar-refractivity contribution < 1.29 is 14.3 Å². The van der Waals surface area contributed by atoms with Crippen LogP contribution in [0.2, 0.25) is 0 Å². The molecule has 0 aromatic heterocycles. The molecule has 4 nitrogen and oxygen atoms in total. The number of hydrogen-bond donors (Lipinski definition) is 1. The topological polar surface area (TPSA) is 47.6 Å². The number of amides is 1. The van der Waals surface area contributed by atoms with E-state index in [0.29, 0.717) is 12.5 Å². The van der Waals surface area contributed by atoms with Crippen molar-refractivity contribution >= 4 is 5.91 Å². The van der Waals surface area contributed by atoms with Gasteiger partial charge >= 0.3 is 0 Å². The molecule has 0 unspecified atom stereocenters. The summed E-state index contributed by atoms with van der Waals surface area (Å²) in [6, 6.07) is 15.7. The average molecular weight is 325 g/mol. The highest BCUT2D eigenvalue weighted by Gasteiger charge is 2.22. The van der Waals surface area contributed by atoms with Gasteiger partial charge in [0.15, 0.2) is 6.61 Å². The predicted octanol–water partition coefficient (Wildman–Crippen LogP) is 3.83. The number of para-hydroxylation sites is 2. The summed E-state index contributed by atoms with van der Waals surface area (Å²) in [4.78, 5) is 12.3. The van der Waals surface area contributed by atoms with Gasteiger partial charge < -0.3 is 14.8 Å². The van der Waals surface area contributed by atoms with Gasteiger partial charge in [-0.3, -0.25) is 4.79 Å². The van der Waals surface area contributed by atoms with Crippen molar-refractivity contribution in [2.75, 3.05) is 13.2 Å². The predicted molar refractivity (Wildman–Crippen MR) is 93.5 cm³/mol. The molecule has 2 aromatic carbocycles. The van der Waals surface area contributed by atoms with Crippen LogP contribution in [0.1, 0.15) is 43.4 Å². The molecule has 0 bridgehead atoms. The summed E-state index contributed by atoms with van der Waals surface area (Å²) in [6.07, 6.45) is 0.769. The maximum Gasteiger partial charge on any atom is 0.258 e. The Bertz CT molecular complexity index is 712. The minimum absolute atomic E-state index is 0.0171. The van der Waals surface area contributed by atoms with Crippen LogP contribution >= 0.6 is 0 Å². The molecule has 1 aliphatic heterocycles. The van der Waals surface area contributed by atoms with Crippen LogP contribution in [0.3, 0.4) is 0 Å². The second-order valence-electron chi connectivity index (χ2n) is 6.28. The Labute approximate surface area is 142 Å². The van der Waals surface area contributed by atoms with Crippen molar-refractivity contribution in [2.45, 2.75) is 32.2 Å². The van der Waals surface area contributed by atoms with Crippen LogP contribution in [0, 0.1) is 0 Å². The van der Waals surface area contributed by atoms with E-state index in [4.69, 9.17) is 9.47 Å². The van der Waals surface area contributed by atoms with Crippen molar-refractivity contribution in [3.05, 3.63) is 59.7 Å². The fourth-order valence-electron chi connectivity index (χ4n) is 2.96. The highest BCUT2D eigenvalue weighted by atomic mass is 16.5. The molecule has 126 valence electrons. The first kappa shape index (κ1) is 16.4. The maximum atomic E-state index is 12.3. The first-order valence-electron chi connectivity index (χ1n) is 8.38. The van der Waals surface area contributed by atoms with E-state index < -0.39 is 0 Å². The van der Waals surface area contributed by atoms with Gasteiger partial charge in [-0.25, -0.2) is 0 Å². The normalized spacial score (nSPS) is 16.2. The number of benzene rings is 2. The van der Waals surface area contributed by atoms with Crippen LogP contribution in [0.4, 0.5) is 0 Å². The smallest absolute Gasteiger partial charge is 0.258 e. The Morgan fingerprint density at radius 3 is 2.79 bits per heavy atom. The highest BCUT2D eigenvalue weighted by Crippen LogP contribution is 2.31. The Hall–Kier alpha value is -2.49. The number of hydrogen-bond acceptors (Lipinski definition) is 3. The fraction of sp³-hybridized carbons (Fsp3) is 0.350. The number of nitrogens with one attached hydrogen (secondary N) is 1. The second-order valence-corrected chi connectivity index (χ2v) is 6.28. The minimum Gasteiger partial charge on any atom is -0.493 e. The summed E-state index contributed by atoms with van der Waals surface area (Å²) in [7, 11) is 0. The van der Waals surface area contributed by atoms with Gasteiger partial charge in [-0.2, -0.15) is 0 Å². The first-order valence-corrected chi connectivity index (χ1v) is 8.38. The molecular formula is C20H23NO3. The van der Waals surface area contributed by atoms with E-state index in [9.17, 15) is 4.79 Å². The van der Waals surface area contributed by atoms with Gasteiger partial charge in [-0.1, -0.05) is 50.2 Å². The Morgan fingerprint density at radius 2 is 1.96 bits per heavy atom. The summed E-state index contributed by atoms with van der Waals surface area (Å²) < 4.78 is 11.4. The number of ether oxygens (including phenoxy) is 2. The standard InChI is InChI=1S/C20H23NO3/c1-14(2)15-7-3-5-9-18(15)24-13-20(22)21-17-11-12-23-19-10-6-4-8-16(17)19/h3-10,14,17H,11-13H2,1-2H3,(H,21,22)/t17-/m0/s1. The SMILES string of the molecule is CC(C)c1ccccc1OCC(=O)N[C@H]1CCOc2ccccc21. The monoisotopic (exact) mass is 325 g/mol. The van der Waals surface area contributed by atoms with Gasteiger partial charge in [-0.05, 0) is 23.6 Å². The third-order valence-corrected chi connectivity index (χ3v) is 4.19. The molecule has 1 atom stereocenters. The van der Waals surface area contributed by atoms with Gasteiger partial charge in [0.1, 0.15) is 11.5 Å². The lowest BCUT2D eigenvalue weighted by atomic mass is 10.0. The van der Waals surface area contributed by atoms with E-state index in [-0.39, 0.29) is 18.6 Å². The second kappa shape index (κ2) is 7.39. The Balaban J connectivity index is 1.61. The van der Waals surface area contributed by atoms with Gasteiger partial charge in [-0.15, -0.1) is 0 Å². The fourth-order valence-corrected chi connectivity index (χ4v) is 2.96. The number of rotatable bonds is 5. The third kappa shape index (κ3) is 3.70. The molecule has 0 spiro atoms. The summed E-state index contributed by atoms with van der Waals surface area (Å²) in [6.45, 7) is 4.85. The minimum atomic E-state index is -0.115. The lowest BCUT2D eigenvalue weighted by molar-refractivity contribution is -0.124. The van der Waals surface area contributed by atoms with Crippen molar-refractivity contribution in [2.24, 2.45) is 0 Å². The zero-order chi connectivity index (χ0) is 16.9. The molecular weight excluding hydrogens is 302 g/mol. The lowest BCUT2D eigenvalue weighted by Gasteiger charge is -2.26. The number of carbonyl (C=O) groups excluding carboxylic acids is 1. The Morgan fingerprint density at radius 1 is 1.21 bits per heavy atom. The first-order chi connectivity index (χ1) is 11.6. The van der Waals surface area contributed by atoms with Crippen LogP contribution in [-0.4, -0.2) is 19.1 Å². The molecule has 0 fully saturated rings. The molecule has 24 heavy (non-hydrogen) atoms. The van der Waals surface area contributed by atoms with Crippen LogP contribution in [0.5, 0.6) is 11.5 Å². The van der Waals surface area contributed by atoms with Crippen LogP contribution < -0.4 is 14.8 Å². The highest BCUT2D eigenvalue weighted by molar-refractivity contribution is 5.78. The molecule has 1 aliphatic rings. The molecule has 1 N–H and O–H groups in total. The zero-order valence-electron chi connectivity index (χ0n) is 14.1. The van der Waals surface area contributed by atoms with Crippen molar-refractivity contribution in [1.82, 2.24) is 5.32 Å². The summed E-state index contributed by atoms with van der Waals surface area (Å²) in [5.74, 6) is 1.86.